The molecule has 3 nitrogen and oxygen atoms in total. The summed E-state index contributed by atoms with van der Waals surface area (Å²) in [6.45, 7) is 0.253. The maximum atomic E-state index is 11.8. The molecule has 4 heteroatoms. The Morgan fingerprint density at radius 1 is 0.727 bits per heavy atom. The van der Waals surface area contributed by atoms with Crippen LogP contribution >= 0.6 is 0 Å². The largest absolute Gasteiger partial charge is 0.270 e. The Morgan fingerprint density at radius 2 is 1.23 bits per heavy atom. The molecule has 0 aliphatic carbocycles. The fourth-order valence-corrected chi connectivity index (χ4v) is 3.25. The average Bonchev–Trinajstić information content (AvgIpc) is 2.53. The van der Waals surface area contributed by atoms with Crippen molar-refractivity contribution in [2.75, 3.05) is 12.4 Å². The van der Waals surface area contributed by atoms with Crippen LogP contribution in [0.4, 0.5) is 0 Å². The van der Waals surface area contributed by atoms with Crippen LogP contribution in [-0.4, -0.2) is 20.8 Å². The number of benzene rings is 2. The Hall–Kier alpha value is -1.65. The summed E-state index contributed by atoms with van der Waals surface area (Å²) in [6.07, 6.45) is 2.89. The molecule has 0 bridgehead atoms. The summed E-state index contributed by atoms with van der Waals surface area (Å²) in [7, 11) is -3.41. The highest BCUT2D eigenvalue weighted by molar-refractivity contribution is 7.86. The van der Waals surface area contributed by atoms with Gasteiger partial charge in [0.05, 0.1) is 12.4 Å². The van der Waals surface area contributed by atoms with Gasteiger partial charge in [-0.2, -0.15) is 8.42 Å². The number of hydrogen-bond donors (Lipinski definition) is 0. The molecule has 0 unspecified atom stereocenters. The molecular weight excluding hydrogens is 296 g/mol. The number of aryl methyl sites for hydroxylation is 2. The zero-order valence-corrected chi connectivity index (χ0v) is 13.5. The molecular formula is C18H22O3S. The van der Waals surface area contributed by atoms with Gasteiger partial charge >= 0.3 is 0 Å². The molecule has 0 amide bonds. The lowest BCUT2D eigenvalue weighted by molar-refractivity contribution is 0.312. The first-order valence-corrected chi connectivity index (χ1v) is 9.18. The van der Waals surface area contributed by atoms with Gasteiger partial charge in [0.2, 0.25) is 0 Å². The summed E-state index contributed by atoms with van der Waals surface area (Å²) in [5, 5.41) is 0. The molecule has 2 aromatic carbocycles. The maximum Gasteiger partial charge on any atom is 0.267 e. The second-order valence-corrected chi connectivity index (χ2v) is 7.02. The maximum absolute atomic E-state index is 11.8. The topological polar surface area (TPSA) is 43.4 Å². The van der Waals surface area contributed by atoms with Crippen molar-refractivity contribution in [3.05, 3.63) is 71.8 Å². The van der Waals surface area contributed by atoms with Crippen molar-refractivity contribution in [2.45, 2.75) is 25.7 Å². The van der Waals surface area contributed by atoms with Gasteiger partial charge in [0.1, 0.15) is 0 Å². The summed E-state index contributed by atoms with van der Waals surface area (Å²) in [4.78, 5) is 0. The van der Waals surface area contributed by atoms with Gasteiger partial charge < -0.3 is 0 Å². The van der Waals surface area contributed by atoms with Crippen molar-refractivity contribution in [3.63, 3.8) is 0 Å². The van der Waals surface area contributed by atoms with E-state index in [9.17, 15) is 8.42 Å². The highest BCUT2D eigenvalue weighted by Gasteiger charge is 2.10. The minimum atomic E-state index is -3.41. The summed E-state index contributed by atoms with van der Waals surface area (Å²) >= 11 is 0. The minimum absolute atomic E-state index is 0.0766. The molecule has 0 heterocycles. The number of rotatable bonds is 9. The lowest BCUT2D eigenvalue weighted by Gasteiger charge is -2.06. The van der Waals surface area contributed by atoms with Crippen molar-refractivity contribution >= 4 is 10.1 Å². The fraction of sp³-hybridized carbons (Fsp3) is 0.333. The van der Waals surface area contributed by atoms with Crippen molar-refractivity contribution < 1.29 is 12.6 Å². The summed E-state index contributed by atoms with van der Waals surface area (Å²) in [5.41, 5.74) is 2.36. The van der Waals surface area contributed by atoms with Crippen LogP contribution in [-0.2, 0) is 27.1 Å². The Labute approximate surface area is 133 Å². The van der Waals surface area contributed by atoms with Crippen LogP contribution in [0.15, 0.2) is 60.7 Å². The molecule has 22 heavy (non-hydrogen) atoms. The van der Waals surface area contributed by atoms with E-state index >= 15 is 0 Å². The fourth-order valence-electron chi connectivity index (χ4n) is 2.26. The Bertz CT molecular complexity index is 637. The lowest BCUT2D eigenvalue weighted by atomic mass is 10.1. The second kappa shape index (κ2) is 8.71. The molecule has 0 aromatic heterocycles. The first kappa shape index (κ1) is 16.7. The van der Waals surface area contributed by atoms with E-state index in [1.54, 1.807) is 0 Å². The van der Waals surface area contributed by atoms with E-state index in [1.807, 2.05) is 60.7 Å². The molecule has 0 fully saturated rings. The van der Waals surface area contributed by atoms with Crippen molar-refractivity contribution in [2.24, 2.45) is 0 Å². The first-order valence-electron chi connectivity index (χ1n) is 7.61. The monoisotopic (exact) mass is 318 g/mol. The summed E-state index contributed by atoms with van der Waals surface area (Å²) in [5.74, 6) is 0.0766. The lowest BCUT2D eigenvalue weighted by Crippen LogP contribution is -2.12. The molecule has 0 saturated heterocycles. The molecule has 0 spiro atoms. The van der Waals surface area contributed by atoms with Crippen LogP contribution in [0.1, 0.15) is 24.0 Å². The average molecular weight is 318 g/mol. The third kappa shape index (κ3) is 6.41. The van der Waals surface area contributed by atoms with Crippen molar-refractivity contribution in [1.82, 2.24) is 0 Å². The van der Waals surface area contributed by atoms with Crippen LogP contribution in [0.5, 0.6) is 0 Å². The third-order valence-electron chi connectivity index (χ3n) is 3.42. The summed E-state index contributed by atoms with van der Waals surface area (Å²) in [6, 6.07) is 19.9. The van der Waals surface area contributed by atoms with E-state index in [0.717, 1.165) is 18.4 Å². The molecule has 2 rings (SSSR count). The van der Waals surface area contributed by atoms with Gasteiger partial charge in [-0.25, -0.2) is 0 Å². The van der Waals surface area contributed by atoms with E-state index in [0.29, 0.717) is 12.8 Å². The predicted octanol–water partition coefficient (Wildman–Crippen LogP) is 3.60. The van der Waals surface area contributed by atoms with Crippen LogP contribution in [0.2, 0.25) is 0 Å². The van der Waals surface area contributed by atoms with Crippen molar-refractivity contribution in [3.8, 4) is 0 Å². The highest BCUT2D eigenvalue weighted by atomic mass is 32.2. The standard InChI is InChI=1S/C18H22O3S/c19-22(20,16-8-14-18-11-5-2-6-12-18)21-15-7-13-17-9-3-1-4-10-17/h1-6,9-12H,7-8,13-16H2. The van der Waals surface area contributed by atoms with E-state index in [-0.39, 0.29) is 12.4 Å². The van der Waals surface area contributed by atoms with Gasteiger partial charge in [-0.1, -0.05) is 60.7 Å². The smallest absolute Gasteiger partial charge is 0.267 e. The van der Waals surface area contributed by atoms with Crippen molar-refractivity contribution in [1.29, 1.82) is 0 Å². The van der Waals surface area contributed by atoms with Gasteiger partial charge in [0.25, 0.3) is 10.1 Å². The molecule has 0 N–H and O–H groups in total. The second-order valence-electron chi connectivity index (χ2n) is 5.26. The zero-order chi connectivity index (χ0) is 15.7. The van der Waals surface area contributed by atoms with Crippen LogP contribution in [0, 0.1) is 0 Å². The van der Waals surface area contributed by atoms with Gasteiger partial charge in [-0.15, -0.1) is 0 Å². The van der Waals surface area contributed by atoms with Crippen LogP contribution in [0.3, 0.4) is 0 Å². The Kier molecular flexibility index (Phi) is 6.62. The van der Waals surface area contributed by atoms with E-state index in [2.05, 4.69) is 0 Å². The minimum Gasteiger partial charge on any atom is -0.270 e. The SMILES string of the molecule is O=S(=O)(CCCc1ccccc1)OCCCc1ccccc1. The molecule has 0 aliphatic rings. The predicted molar refractivity (Wildman–Crippen MR) is 89.3 cm³/mol. The quantitative estimate of drug-likeness (QED) is 0.524. The van der Waals surface area contributed by atoms with Gasteiger partial charge in [0, 0.05) is 0 Å². The molecule has 2 aromatic rings. The molecule has 0 radical (unpaired) electrons. The van der Waals surface area contributed by atoms with Gasteiger partial charge in [0.15, 0.2) is 0 Å². The molecule has 0 atom stereocenters. The number of hydrogen-bond acceptors (Lipinski definition) is 3. The van der Waals surface area contributed by atoms with E-state index < -0.39 is 10.1 Å². The van der Waals surface area contributed by atoms with E-state index in [4.69, 9.17) is 4.18 Å². The highest BCUT2D eigenvalue weighted by Crippen LogP contribution is 2.07. The normalized spacial score (nSPS) is 11.5. The van der Waals surface area contributed by atoms with Crippen LogP contribution < -0.4 is 0 Å². The Morgan fingerprint density at radius 3 is 1.77 bits per heavy atom. The molecule has 118 valence electrons. The molecule has 0 aliphatic heterocycles. The molecule has 0 saturated carbocycles. The van der Waals surface area contributed by atoms with Crippen LogP contribution in [0.25, 0.3) is 0 Å². The summed E-state index contributed by atoms with van der Waals surface area (Å²) < 4.78 is 28.7. The van der Waals surface area contributed by atoms with Gasteiger partial charge in [-0.05, 0) is 36.8 Å². The zero-order valence-electron chi connectivity index (χ0n) is 12.6. The van der Waals surface area contributed by atoms with E-state index in [1.165, 1.54) is 5.56 Å². The third-order valence-corrected chi connectivity index (χ3v) is 4.73. The Balaban J connectivity index is 1.64. The first-order chi connectivity index (χ1) is 10.7. The van der Waals surface area contributed by atoms with Gasteiger partial charge in [-0.3, -0.25) is 4.18 Å².